The molecule has 0 amide bonds. The van der Waals surface area contributed by atoms with Crippen molar-refractivity contribution >= 4 is 50.6 Å². The van der Waals surface area contributed by atoms with E-state index in [1.807, 2.05) is 0 Å². The number of methoxy groups -OCH3 is 1. The fourth-order valence-corrected chi connectivity index (χ4v) is 6.52. The van der Waals surface area contributed by atoms with Gasteiger partial charge >= 0.3 is 0 Å². The fraction of sp³-hybridized carbons (Fsp3) is 0.276. The number of benzene rings is 2. The van der Waals surface area contributed by atoms with Gasteiger partial charge in [-0.05, 0) is 54.8 Å². The molecule has 0 saturated heterocycles. The van der Waals surface area contributed by atoms with Crippen LogP contribution in [0.5, 0.6) is 11.6 Å². The monoisotopic (exact) mass is 622 g/mol. The molecule has 8 nitrogen and oxygen atoms in total. The summed E-state index contributed by atoms with van der Waals surface area (Å²) < 4.78 is 60.9. The van der Waals surface area contributed by atoms with E-state index < -0.39 is 21.9 Å². The Morgan fingerprint density at radius 3 is 2.78 bits per heavy atom. The van der Waals surface area contributed by atoms with E-state index in [0.29, 0.717) is 35.5 Å². The number of anilines is 1. The van der Waals surface area contributed by atoms with Gasteiger partial charge in [0.2, 0.25) is 5.88 Å². The lowest BCUT2D eigenvalue weighted by atomic mass is 10.0. The maximum absolute atomic E-state index is 14.5. The van der Waals surface area contributed by atoms with Gasteiger partial charge in [-0.3, -0.25) is 4.31 Å². The third kappa shape index (κ3) is 6.95. The fourth-order valence-electron chi connectivity index (χ4n) is 4.38. The summed E-state index contributed by atoms with van der Waals surface area (Å²) in [5.74, 6) is 0.206. The van der Waals surface area contributed by atoms with Crippen molar-refractivity contribution in [2.75, 3.05) is 31.2 Å². The van der Waals surface area contributed by atoms with E-state index in [0.717, 1.165) is 0 Å². The van der Waals surface area contributed by atoms with Crippen LogP contribution in [0.2, 0.25) is 10.0 Å². The molecule has 218 valence electrons. The summed E-state index contributed by atoms with van der Waals surface area (Å²) in [7, 11) is -2.79. The van der Waals surface area contributed by atoms with Gasteiger partial charge in [-0.2, -0.15) is 0 Å². The number of nitrogens with zero attached hydrogens (tertiary/aromatic N) is 2. The van der Waals surface area contributed by atoms with Crippen LogP contribution in [0.3, 0.4) is 0 Å². The average Bonchev–Trinajstić information content (AvgIpc) is 2.94. The third-order valence-electron chi connectivity index (χ3n) is 6.37. The van der Waals surface area contributed by atoms with Gasteiger partial charge in [0.15, 0.2) is 4.90 Å². The van der Waals surface area contributed by atoms with Gasteiger partial charge in [-0.15, -0.1) is 0 Å². The Bertz CT molecular complexity index is 1560. The zero-order chi connectivity index (χ0) is 29.7. The molecule has 41 heavy (non-hydrogen) atoms. The van der Waals surface area contributed by atoms with E-state index in [2.05, 4.69) is 11.6 Å². The number of halogens is 3. The van der Waals surface area contributed by atoms with Gasteiger partial charge in [-0.25, -0.2) is 17.8 Å². The van der Waals surface area contributed by atoms with Crippen LogP contribution in [0, 0.1) is 5.82 Å². The number of pyridine rings is 1. The van der Waals surface area contributed by atoms with Crippen molar-refractivity contribution in [3.8, 4) is 11.6 Å². The first-order valence-corrected chi connectivity index (χ1v) is 14.8. The summed E-state index contributed by atoms with van der Waals surface area (Å²) in [5, 5.41) is 9.57. The van der Waals surface area contributed by atoms with E-state index in [1.165, 1.54) is 35.8 Å². The standard InChI is InChI=1S/C29H29Cl2FN2O6S/c1-18(28-23(31)5-4-6-24(28)32)13-20-8-10-26-25(14-20)34(17-22(40-26)9-7-19(2)38-3)41(36,37)27-15-21(30)16-33-29(27)39-12-11-35/h4-6,8,10,13-16,22,35H,2,7,9,11-12,17H2,1,3H3. The zero-order valence-corrected chi connectivity index (χ0v) is 24.8. The number of aliphatic hydroxyl groups is 1. The van der Waals surface area contributed by atoms with Crippen LogP contribution < -0.4 is 13.8 Å². The molecule has 0 radical (unpaired) electrons. The van der Waals surface area contributed by atoms with Gasteiger partial charge in [-0.1, -0.05) is 48.0 Å². The van der Waals surface area contributed by atoms with Crippen molar-refractivity contribution in [2.45, 2.75) is 30.8 Å². The Kier molecular flexibility index (Phi) is 9.80. The number of allylic oxidation sites excluding steroid dienone is 2. The normalized spacial score (nSPS) is 15.2. The van der Waals surface area contributed by atoms with Gasteiger partial charge in [0.1, 0.15) is 24.3 Å². The van der Waals surface area contributed by atoms with Crippen molar-refractivity contribution < 1.29 is 32.1 Å². The highest BCUT2D eigenvalue weighted by molar-refractivity contribution is 7.93. The minimum Gasteiger partial charge on any atom is -0.502 e. The van der Waals surface area contributed by atoms with Gasteiger partial charge in [0, 0.05) is 18.2 Å². The second-order valence-electron chi connectivity index (χ2n) is 9.24. The first-order valence-electron chi connectivity index (χ1n) is 12.6. The lowest BCUT2D eigenvalue weighted by Crippen LogP contribution is -2.43. The molecular weight excluding hydrogens is 594 g/mol. The molecule has 0 bridgehead atoms. The topological polar surface area (TPSA) is 98.2 Å². The summed E-state index contributed by atoms with van der Waals surface area (Å²) in [5.41, 5.74) is 1.66. The maximum atomic E-state index is 14.5. The Morgan fingerprint density at radius 2 is 2.07 bits per heavy atom. The minimum absolute atomic E-state index is 0.0381. The van der Waals surface area contributed by atoms with Crippen LogP contribution in [0.25, 0.3) is 11.6 Å². The lowest BCUT2D eigenvalue weighted by molar-refractivity contribution is 0.178. The molecule has 1 aliphatic heterocycles. The molecule has 1 atom stereocenters. The summed E-state index contributed by atoms with van der Waals surface area (Å²) in [6.45, 7) is 5.01. The molecule has 1 N–H and O–H groups in total. The highest BCUT2D eigenvalue weighted by Gasteiger charge is 2.37. The summed E-state index contributed by atoms with van der Waals surface area (Å²) in [4.78, 5) is 3.78. The van der Waals surface area contributed by atoms with Gasteiger partial charge in [0.05, 0.1) is 41.8 Å². The molecule has 12 heteroatoms. The van der Waals surface area contributed by atoms with Gasteiger partial charge < -0.3 is 19.3 Å². The predicted molar refractivity (Wildman–Crippen MR) is 158 cm³/mol. The first-order chi connectivity index (χ1) is 19.5. The van der Waals surface area contributed by atoms with E-state index in [4.69, 9.17) is 37.4 Å². The molecule has 1 aromatic heterocycles. The Balaban J connectivity index is 1.80. The third-order valence-corrected chi connectivity index (χ3v) is 8.67. The molecule has 1 unspecified atom stereocenters. The molecule has 2 heterocycles. The van der Waals surface area contributed by atoms with E-state index in [1.54, 1.807) is 37.3 Å². The number of fused-ring (bicyclic) bond motifs is 1. The Labute approximate surface area is 248 Å². The number of sulfonamides is 1. The number of aliphatic hydroxyl groups excluding tert-OH is 1. The number of rotatable bonds is 11. The molecule has 0 saturated carbocycles. The van der Waals surface area contributed by atoms with Crippen LogP contribution >= 0.6 is 23.2 Å². The largest absolute Gasteiger partial charge is 0.502 e. The lowest BCUT2D eigenvalue weighted by Gasteiger charge is -2.36. The van der Waals surface area contributed by atoms with Crippen LogP contribution in [0.1, 0.15) is 30.9 Å². The van der Waals surface area contributed by atoms with E-state index >= 15 is 0 Å². The molecule has 2 aromatic carbocycles. The highest BCUT2D eigenvalue weighted by atomic mass is 35.5. The van der Waals surface area contributed by atoms with Crippen molar-refractivity contribution in [1.82, 2.24) is 4.98 Å². The maximum Gasteiger partial charge on any atom is 0.270 e. The van der Waals surface area contributed by atoms with Crippen molar-refractivity contribution in [2.24, 2.45) is 0 Å². The van der Waals surface area contributed by atoms with Crippen molar-refractivity contribution in [1.29, 1.82) is 0 Å². The summed E-state index contributed by atoms with van der Waals surface area (Å²) >= 11 is 12.4. The van der Waals surface area contributed by atoms with Crippen molar-refractivity contribution in [3.05, 3.63) is 88.0 Å². The molecule has 4 rings (SSSR count). The SMILES string of the molecule is C=C(CCC1CN(S(=O)(=O)c2cc(Cl)cnc2OCCO)c2cc(C=C(C)c3c(F)cccc3Cl)ccc2O1)OC. The molecule has 3 aromatic rings. The molecule has 1 aliphatic rings. The second kappa shape index (κ2) is 13.1. The number of aromatic nitrogens is 1. The smallest absolute Gasteiger partial charge is 0.270 e. The number of ether oxygens (including phenoxy) is 3. The first kappa shape index (κ1) is 30.6. The van der Waals surface area contributed by atoms with Gasteiger partial charge in [0.25, 0.3) is 10.0 Å². The Hall–Kier alpha value is -3.31. The average molecular weight is 624 g/mol. The van der Waals surface area contributed by atoms with Crippen LogP contribution in [0.15, 0.2) is 65.9 Å². The second-order valence-corrected chi connectivity index (χ2v) is 11.9. The summed E-state index contributed by atoms with van der Waals surface area (Å²) in [6, 6.07) is 10.7. The van der Waals surface area contributed by atoms with Crippen LogP contribution in [-0.4, -0.2) is 51.5 Å². The zero-order valence-electron chi connectivity index (χ0n) is 22.4. The van der Waals surface area contributed by atoms with E-state index in [-0.39, 0.29) is 51.8 Å². The summed E-state index contributed by atoms with van der Waals surface area (Å²) in [6.07, 6.45) is 3.34. The number of hydrogen-bond acceptors (Lipinski definition) is 7. The predicted octanol–water partition coefficient (Wildman–Crippen LogP) is 6.36. The highest BCUT2D eigenvalue weighted by Crippen LogP contribution is 2.41. The van der Waals surface area contributed by atoms with Crippen molar-refractivity contribution in [3.63, 3.8) is 0 Å². The minimum atomic E-state index is -4.30. The van der Waals surface area contributed by atoms with E-state index in [9.17, 15) is 17.9 Å². The molecule has 0 spiro atoms. The molecule has 0 fully saturated rings. The van der Waals surface area contributed by atoms with Crippen LogP contribution in [0.4, 0.5) is 10.1 Å². The number of hydrogen-bond donors (Lipinski definition) is 1. The quantitative estimate of drug-likeness (QED) is 0.196. The molecule has 0 aliphatic carbocycles. The van der Waals surface area contributed by atoms with Crippen LogP contribution in [-0.2, 0) is 14.8 Å². The Morgan fingerprint density at radius 1 is 1.29 bits per heavy atom. The molecular formula is C29H29Cl2FN2O6S.